The molecule has 0 aliphatic carbocycles. The number of anilines is 1. The summed E-state index contributed by atoms with van der Waals surface area (Å²) >= 11 is 0. The third kappa shape index (κ3) is 3.68. The van der Waals surface area contributed by atoms with Gasteiger partial charge in [-0.25, -0.2) is 9.18 Å². The first-order valence-corrected chi connectivity index (χ1v) is 10.1. The van der Waals surface area contributed by atoms with Gasteiger partial charge in [0.25, 0.3) is 0 Å². The van der Waals surface area contributed by atoms with Crippen LogP contribution in [0.4, 0.5) is 10.2 Å². The van der Waals surface area contributed by atoms with E-state index < -0.39 is 5.97 Å². The number of aromatic nitrogens is 2. The normalized spacial score (nSPS) is 14.0. The maximum absolute atomic E-state index is 13.7. The Kier molecular flexibility index (Phi) is 5.81. The Morgan fingerprint density at radius 1 is 1.07 bits per heavy atom. The van der Waals surface area contributed by atoms with Crippen molar-refractivity contribution in [2.45, 2.75) is 6.92 Å². The number of nitrogens with one attached hydrogen (secondary N) is 1. The molecule has 0 radical (unpaired) electrons. The van der Waals surface area contributed by atoms with Gasteiger partial charge in [-0.1, -0.05) is 12.1 Å². The van der Waals surface area contributed by atoms with E-state index in [9.17, 15) is 9.18 Å². The second kappa shape index (κ2) is 8.67. The van der Waals surface area contributed by atoms with E-state index in [2.05, 4.69) is 15.2 Å². The largest absolute Gasteiger partial charge is 0.461 e. The summed E-state index contributed by atoms with van der Waals surface area (Å²) in [5, 5.41) is 3.37. The summed E-state index contributed by atoms with van der Waals surface area (Å²) in [7, 11) is 1.89. The molecule has 1 aliphatic rings. The smallest absolute Gasteiger partial charge is 0.355 e. The number of carbonyl (C=O) groups is 1. The molecule has 0 amide bonds. The van der Waals surface area contributed by atoms with Gasteiger partial charge in [0.1, 0.15) is 17.3 Å². The van der Waals surface area contributed by atoms with E-state index in [0.29, 0.717) is 5.69 Å². The van der Waals surface area contributed by atoms with E-state index in [4.69, 9.17) is 4.74 Å². The standard InChI is InChI=1S/C23H25FN4O2/c1-3-30-23(29)21-19(16-4-6-18(24)7-5-16)20(17-8-10-25-11-9-17)22(27(21)2)28-14-12-26-13-15-28/h4-11,26H,3,12-15H2,1-2H3. The minimum Gasteiger partial charge on any atom is -0.461 e. The Morgan fingerprint density at radius 3 is 2.33 bits per heavy atom. The molecule has 0 spiro atoms. The molecule has 3 aromatic rings. The summed E-state index contributed by atoms with van der Waals surface area (Å²) in [6.07, 6.45) is 3.48. The molecular formula is C23H25FN4O2. The molecule has 6 nitrogen and oxygen atoms in total. The van der Waals surface area contributed by atoms with Gasteiger partial charge in [-0.15, -0.1) is 0 Å². The molecule has 1 fully saturated rings. The van der Waals surface area contributed by atoms with Crippen molar-refractivity contribution < 1.29 is 13.9 Å². The lowest BCUT2D eigenvalue weighted by Crippen LogP contribution is -2.44. The van der Waals surface area contributed by atoms with Gasteiger partial charge < -0.3 is 19.5 Å². The third-order valence-corrected chi connectivity index (χ3v) is 5.35. The van der Waals surface area contributed by atoms with Gasteiger partial charge in [0, 0.05) is 56.7 Å². The average Bonchev–Trinajstić information content (AvgIpc) is 3.08. The molecule has 3 heterocycles. The Hall–Kier alpha value is -3.19. The molecular weight excluding hydrogens is 383 g/mol. The number of benzene rings is 1. The van der Waals surface area contributed by atoms with Crippen LogP contribution >= 0.6 is 0 Å². The number of ether oxygens (including phenoxy) is 1. The van der Waals surface area contributed by atoms with Gasteiger partial charge in [0.05, 0.1) is 6.61 Å². The zero-order valence-electron chi connectivity index (χ0n) is 17.2. The molecule has 1 saturated heterocycles. The van der Waals surface area contributed by atoms with E-state index in [0.717, 1.165) is 54.3 Å². The van der Waals surface area contributed by atoms with Crippen LogP contribution in [0, 0.1) is 5.82 Å². The second-order valence-electron chi connectivity index (χ2n) is 7.18. The summed E-state index contributed by atoms with van der Waals surface area (Å²) in [4.78, 5) is 19.5. The van der Waals surface area contributed by atoms with Crippen LogP contribution in [-0.2, 0) is 11.8 Å². The quantitative estimate of drug-likeness (QED) is 0.655. The number of pyridine rings is 1. The van der Waals surface area contributed by atoms with Crippen LogP contribution < -0.4 is 10.2 Å². The molecule has 0 unspecified atom stereocenters. The first-order valence-electron chi connectivity index (χ1n) is 10.1. The first-order chi connectivity index (χ1) is 14.6. The topological polar surface area (TPSA) is 59.4 Å². The minimum atomic E-state index is -0.393. The fraction of sp³-hybridized carbons (Fsp3) is 0.304. The molecule has 0 bridgehead atoms. The molecule has 1 N–H and O–H groups in total. The van der Waals surface area contributed by atoms with Crippen molar-refractivity contribution in [2.75, 3.05) is 37.7 Å². The highest BCUT2D eigenvalue weighted by atomic mass is 19.1. The predicted octanol–water partition coefficient (Wildman–Crippen LogP) is 3.48. The summed E-state index contributed by atoms with van der Waals surface area (Å²) in [5.74, 6) is 0.237. The van der Waals surface area contributed by atoms with Crippen LogP contribution in [0.25, 0.3) is 22.3 Å². The summed E-state index contributed by atoms with van der Waals surface area (Å²) < 4.78 is 21.0. The van der Waals surface area contributed by atoms with Gasteiger partial charge in [-0.2, -0.15) is 0 Å². The first kappa shape index (κ1) is 20.1. The zero-order valence-corrected chi connectivity index (χ0v) is 17.2. The number of carbonyl (C=O) groups excluding carboxylic acids is 1. The van der Waals surface area contributed by atoms with Gasteiger partial charge in [-0.3, -0.25) is 4.98 Å². The predicted molar refractivity (Wildman–Crippen MR) is 115 cm³/mol. The Balaban J connectivity index is 2.03. The number of piperazine rings is 1. The van der Waals surface area contributed by atoms with Crippen molar-refractivity contribution in [2.24, 2.45) is 7.05 Å². The van der Waals surface area contributed by atoms with E-state index in [1.54, 1.807) is 31.5 Å². The van der Waals surface area contributed by atoms with Crippen molar-refractivity contribution in [3.05, 3.63) is 60.3 Å². The summed E-state index contributed by atoms with van der Waals surface area (Å²) in [6.45, 7) is 5.44. The highest BCUT2D eigenvalue weighted by Crippen LogP contribution is 2.44. The highest BCUT2D eigenvalue weighted by Gasteiger charge is 2.31. The lowest BCUT2D eigenvalue weighted by atomic mass is 9.96. The molecule has 0 saturated carbocycles. The maximum Gasteiger partial charge on any atom is 0.355 e. The average molecular weight is 408 g/mol. The van der Waals surface area contributed by atoms with Crippen molar-refractivity contribution >= 4 is 11.8 Å². The fourth-order valence-corrected chi connectivity index (χ4v) is 4.05. The minimum absolute atomic E-state index is 0.278. The van der Waals surface area contributed by atoms with Gasteiger partial charge in [0.15, 0.2) is 0 Å². The van der Waals surface area contributed by atoms with Crippen LogP contribution in [0.2, 0.25) is 0 Å². The Bertz CT molecular complexity index is 1030. The van der Waals surface area contributed by atoms with Gasteiger partial charge in [-0.05, 0) is 42.3 Å². The maximum atomic E-state index is 13.7. The number of hydrogen-bond acceptors (Lipinski definition) is 5. The van der Waals surface area contributed by atoms with E-state index in [1.807, 2.05) is 23.7 Å². The number of esters is 1. The van der Waals surface area contributed by atoms with E-state index >= 15 is 0 Å². The lowest BCUT2D eigenvalue weighted by molar-refractivity contribution is 0.0516. The van der Waals surface area contributed by atoms with Crippen LogP contribution in [0.15, 0.2) is 48.8 Å². The zero-order chi connectivity index (χ0) is 21.1. The number of rotatable bonds is 5. The number of halogens is 1. The van der Waals surface area contributed by atoms with E-state index in [1.165, 1.54) is 12.1 Å². The molecule has 30 heavy (non-hydrogen) atoms. The van der Waals surface area contributed by atoms with E-state index in [-0.39, 0.29) is 12.4 Å². The molecule has 0 atom stereocenters. The Morgan fingerprint density at radius 2 is 1.70 bits per heavy atom. The SMILES string of the molecule is CCOC(=O)c1c(-c2ccc(F)cc2)c(-c2ccncc2)c(N2CCNCC2)n1C. The third-order valence-electron chi connectivity index (χ3n) is 5.35. The summed E-state index contributed by atoms with van der Waals surface area (Å²) in [6, 6.07) is 10.1. The summed E-state index contributed by atoms with van der Waals surface area (Å²) in [5.41, 5.74) is 3.85. The molecule has 2 aromatic heterocycles. The van der Waals surface area contributed by atoms with Gasteiger partial charge in [0.2, 0.25) is 0 Å². The van der Waals surface area contributed by atoms with Crippen molar-refractivity contribution in [3.8, 4) is 22.3 Å². The van der Waals surface area contributed by atoms with Crippen molar-refractivity contribution in [1.82, 2.24) is 14.9 Å². The second-order valence-corrected chi connectivity index (χ2v) is 7.18. The molecule has 1 aromatic carbocycles. The number of nitrogens with zero attached hydrogens (tertiary/aromatic N) is 3. The lowest BCUT2D eigenvalue weighted by Gasteiger charge is -2.31. The Labute approximate surface area is 175 Å². The van der Waals surface area contributed by atoms with Crippen LogP contribution in [-0.4, -0.2) is 48.3 Å². The monoisotopic (exact) mass is 408 g/mol. The number of hydrogen-bond donors (Lipinski definition) is 1. The van der Waals surface area contributed by atoms with Crippen LogP contribution in [0.3, 0.4) is 0 Å². The molecule has 4 rings (SSSR count). The van der Waals surface area contributed by atoms with Crippen LogP contribution in [0.5, 0.6) is 0 Å². The van der Waals surface area contributed by atoms with Crippen LogP contribution in [0.1, 0.15) is 17.4 Å². The molecule has 7 heteroatoms. The van der Waals surface area contributed by atoms with Crippen molar-refractivity contribution in [1.29, 1.82) is 0 Å². The van der Waals surface area contributed by atoms with Gasteiger partial charge >= 0.3 is 5.97 Å². The highest BCUT2D eigenvalue weighted by molar-refractivity contribution is 6.05. The molecule has 1 aliphatic heterocycles. The van der Waals surface area contributed by atoms with Crippen molar-refractivity contribution in [3.63, 3.8) is 0 Å². The molecule has 156 valence electrons. The fourth-order valence-electron chi connectivity index (χ4n) is 4.05.